The van der Waals surface area contributed by atoms with Gasteiger partial charge in [0, 0.05) is 22.5 Å². The fraction of sp³-hybridized carbons (Fsp3) is 0.152. The molecule has 2 bridgehead atoms. The number of carbonyl (C=O) groups is 4. The number of esters is 1. The van der Waals surface area contributed by atoms with Crippen molar-refractivity contribution in [2.45, 2.75) is 11.8 Å². The molecule has 0 unspecified atom stereocenters. The maximum atomic E-state index is 14.1. The van der Waals surface area contributed by atoms with E-state index in [1.807, 2.05) is 48.5 Å². The van der Waals surface area contributed by atoms with Crippen LogP contribution in [0.2, 0.25) is 5.02 Å². The van der Waals surface area contributed by atoms with Crippen LogP contribution in [0.25, 0.3) is 0 Å². The summed E-state index contributed by atoms with van der Waals surface area (Å²) in [7, 11) is 0. The molecule has 7 nitrogen and oxygen atoms in total. The summed E-state index contributed by atoms with van der Waals surface area (Å²) in [5, 5.41) is 3.07. The average molecular weight is 563 g/mol. The molecule has 1 N–H and O–H groups in total. The topological polar surface area (TPSA) is 92.8 Å². The molecule has 1 saturated heterocycles. The number of carbonyl (C=O) groups excluding carboxylic acids is 4. The predicted octanol–water partition coefficient (Wildman–Crippen LogP) is 5.53. The third kappa shape index (κ3) is 3.96. The summed E-state index contributed by atoms with van der Waals surface area (Å²) < 4.78 is 5.30. The molecule has 202 valence electrons. The first kappa shape index (κ1) is 25.2. The molecule has 1 fully saturated rings. The normalized spacial score (nSPS) is 21.6. The second kappa shape index (κ2) is 9.71. The summed E-state index contributed by atoms with van der Waals surface area (Å²) in [5.74, 6) is -3.71. The molecule has 4 aliphatic rings. The van der Waals surface area contributed by atoms with Gasteiger partial charge in [-0.3, -0.25) is 14.4 Å². The quantitative estimate of drug-likeness (QED) is 0.255. The number of nitrogens with zero attached hydrogens (tertiary/aromatic N) is 1. The first-order valence-corrected chi connectivity index (χ1v) is 13.7. The lowest BCUT2D eigenvalue weighted by Gasteiger charge is -2.45. The fourth-order valence-corrected chi connectivity index (χ4v) is 6.92. The van der Waals surface area contributed by atoms with Crippen molar-refractivity contribution in [3.05, 3.63) is 130 Å². The van der Waals surface area contributed by atoms with Gasteiger partial charge in [-0.15, -0.1) is 0 Å². The number of anilines is 2. The van der Waals surface area contributed by atoms with Crippen LogP contribution >= 0.6 is 11.6 Å². The van der Waals surface area contributed by atoms with E-state index in [1.54, 1.807) is 42.5 Å². The number of nitrogens with one attached hydrogen (secondary N) is 1. The summed E-state index contributed by atoms with van der Waals surface area (Å²) in [6.07, 6.45) is 0. The minimum Gasteiger partial charge on any atom is -0.452 e. The van der Waals surface area contributed by atoms with Crippen LogP contribution < -0.4 is 10.2 Å². The van der Waals surface area contributed by atoms with Crippen molar-refractivity contribution in [1.29, 1.82) is 0 Å². The Labute approximate surface area is 240 Å². The van der Waals surface area contributed by atoms with Crippen molar-refractivity contribution in [2.75, 3.05) is 16.8 Å². The standard InChI is InChI=1S/C33H23ClN2O5/c34-18-8-7-9-19(16-18)35-26(37)17-41-33(40)24-14-5-6-15-25(24)36-31(38)29-27-20-10-1-2-11-21(20)28(30(29)32(36)39)23-13-4-3-12-22(23)27/h1-16,27-30H,17H2,(H,35,37)/t27?,28?,29-,30-/m1/s1. The van der Waals surface area contributed by atoms with Crippen LogP contribution in [0, 0.1) is 11.8 Å². The maximum absolute atomic E-state index is 14.1. The van der Waals surface area contributed by atoms with Crippen molar-refractivity contribution in [3.63, 3.8) is 0 Å². The predicted molar refractivity (Wildman–Crippen MR) is 153 cm³/mol. The molecular formula is C33H23ClN2O5. The van der Waals surface area contributed by atoms with E-state index in [2.05, 4.69) is 5.32 Å². The van der Waals surface area contributed by atoms with Crippen LogP contribution in [-0.2, 0) is 19.1 Å². The average Bonchev–Trinajstić information content (AvgIpc) is 3.26. The maximum Gasteiger partial charge on any atom is 0.340 e. The van der Waals surface area contributed by atoms with Crippen LogP contribution in [0.3, 0.4) is 0 Å². The van der Waals surface area contributed by atoms with Gasteiger partial charge >= 0.3 is 5.97 Å². The summed E-state index contributed by atoms with van der Waals surface area (Å²) in [4.78, 5) is 55.0. The summed E-state index contributed by atoms with van der Waals surface area (Å²) in [6, 6.07) is 29.0. The van der Waals surface area contributed by atoms with Gasteiger partial charge in [0.15, 0.2) is 6.61 Å². The number of halogens is 1. The molecule has 0 saturated carbocycles. The molecule has 3 amide bonds. The van der Waals surface area contributed by atoms with E-state index in [4.69, 9.17) is 16.3 Å². The third-order valence-corrected chi connectivity index (χ3v) is 8.49. The number of imide groups is 1. The molecule has 3 aliphatic carbocycles. The molecule has 0 radical (unpaired) electrons. The van der Waals surface area contributed by atoms with Crippen LogP contribution in [0.4, 0.5) is 11.4 Å². The molecule has 0 spiro atoms. The van der Waals surface area contributed by atoms with E-state index in [0.29, 0.717) is 10.7 Å². The van der Waals surface area contributed by atoms with Gasteiger partial charge in [-0.25, -0.2) is 9.69 Å². The van der Waals surface area contributed by atoms with E-state index in [1.165, 1.54) is 6.07 Å². The zero-order valence-electron chi connectivity index (χ0n) is 21.6. The second-order valence-corrected chi connectivity index (χ2v) is 10.9. The van der Waals surface area contributed by atoms with E-state index < -0.39 is 30.3 Å². The number of amides is 3. The number of para-hydroxylation sites is 1. The number of benzene rings is 4. The smallest absolute Gasteiger partial charge is 0.340 e. The lowest BCUT2D eigenvalue weighted by molar-refractivity contribution is -0.122. The Balaban J connectivity index is 1.18. The Bertz CT molecular complexity index is 1650. The Morgan fingerprint density at radius 1 is 0.732 bits per heavy atom. The minimum absolute atomic E-state index is 0.0331. The van der Waals surface area contributed by atoms with Gasteiger partial charge < -0.3 is 10.1 Å². The number of hydrogen-bond donors (Lipinski definition) is 1. The minimum atomic E-state index is -0.813. The Morgan fingerprint density at radius 3 is 1.83 bits per heavy atom. The first-order chi connectivity index (χ1) is 19.9. The van der Waals surface area contributed by atoms with E-state index >= 15 is 0 Å². The van der Waals surface area contributed by atoms with Crippen molar-refractivity contribution >= 4 is 46.7 Å². The second-order valence-electron chi connectivity index (χ2n) is 10.4. The van der Waals surface area contributed by atoms with Gasteiger partial charge in [0.25, 0.3) is 5.91 Å². The lowest BCUT2D eigenvalue weighted by Crippen LogP contribution is -2.41. The molecule has 1 heterocycles. The van der Waals surface area contributed by atoms with Crippen molar-refractivity contribution in [1.82, 2.24) is 0 Å². The molecule has 41 heavy (non-hydrogen) atoms. The highest BCUT2D eigenvalue weighted by Crippen LogP contribution is 2.61. The molecule has 2 atom stereocenters. The molecule has 8 rings (SSSR count). The SMILES string of the molecule is O=C(COC(=O)c1ccccc1N1C(=O)[C@@H]2C3c4ccccc4C(c4ccccc43)[C@H]2C1=O)Nc1cccc(Cl)c1. The summed E-state index contributed by atoms with van der Waals surface area (Å²) in [6.45, 7) is -0.554. The van der Waals surface area contributed by atoms with Crippen molar-refractivity contribution < 1.29 is 23.9 Å². The Morgan fingerprint density at radius 2 is 1.27 bits per heavy atom. The zero-order valence-corrected chi connectivity index (χ0v) is 22.4. The summed E-state index contributed by atoms with van der Waals surface area (Å²) >= 11 is 5.96. The molecule has 4 aromatic carbocycles. The fourth-order valence-electron chi connectivity index (χ4n) is 6.73. The number of rotatable bonds is 5. The molecule has 4 aromatic rings. The monoisotopic (exact) mass is 562 g/mol. The van der Waals surface area contributed by atoms with Crippen LogP contribution in [0.1, 0.15) is 44.4 Å². The number of ether oxygens (including phenoxy) is 1. The van der Waals surface area contributed by atoms with Gasteiger partial charge in [0.05, 0.1) is 23.1 Å². The highest BCUT2D eigenvalue weighted by Gasteiger charge is 2.62. The van der Waals surface area contributed by atoms with Crippen molar-refractivity contribution in [3.8, 4) is 0 Å². The van der Waals surface area contributed by atoms with Gasteiger partial charge in [-0.05, 0) is 52.6 Å². The largest absolute Gasteiger partial charge is 0.452 e. The Kier molecular flexibility index (Phi) is 5.98. The van der Waals surface area contributed by atoms with Crippen molar-refractivity contribution in [2.24, 2.45) is 11.8 Å². The van der Waals surface area contributed by atoms with Crippen LogP contribution in [0.5, 0.6) is 0 Å². The molecule has 1 aliphatic heterocycles. The van der Waals surface area contributed by atoms with Crippen LogP contribution in [-0.4, -0.2) is 30.3 Å². The van der Waals surface area contributed by atoms with Gasteiger partial charge in [0.1, 0.15) is 0 Å². The lowest BCUT2D eigenvalue weighted by atomic mass is 9.55. The molecular weight excluding hydrogens is 540 g/mol. The third-order valence-electron chi connectivity index (χ3n) is 8.26. The molecule has 8 heteroatoms. The van der Waals surface area contributed by atoms with E-state index in [-0.39, 0.29) is 34.9 Å². The highest BCUT2D eigenvalue weighted by molar-refractivity contribution is 6.31. The van der Waals surface area contributed by atoms with Gasteiger partial charge in [-0.1, -0.05) is 78.3 Å². The zero-order chi connectivity index (χ0) is 28.2. The van der Waals surface area contributed by atoms with E-state index in [9.17, 15) is 19.2 Å². The molecule has 0 aromatic heterocycles. The van der Waals surface area contributed by atoms with Gasteiger partial charge in [0.2, 0.25) is 11.8 Å². The highest BCUT2D eigenvalue weighted by atomic mass is 35.5. The van der Waals surface area contributed by atoms with E-state index in [0.717, 1.165) is 27.2 Å². The Hall–Kier alpha value is -4.75. The summed E-state index contributed by atoms with van der Waals surface area (Å²) in [5.41, 5.74) is 4.93. The van der Waals surface area contributed by atoms with Gasteiger partial charge in [-0.2, -0.15) is 0 Å². The van der Waals surface area contributed by atoms with Crippen LogP contribution in [0.15, 0.2) is 97.1 Å². The number of hydrogen-bond acceptors (Lipinski definition) is 5. The first-order valence-electron chi connectivity index (χ1n) is 13.3.